The van der Waals surface area contributed by atoms with Gasteiger partial charge in [0.25, 0.3) is 5.24 Å². The molecule has 1 aromatic heterocycles. The first kappa shape index (κ1) is 16.9. The molecule has 0 radical (unpaired) electrons. The van der Waals surface area contributed by atoms with E-state index in [4.69, 9.17) is 11.6 Å². The molecule has 0 bridgehead atoms. The minimum atomic E-state index is -5.59. The predicted octanol–water partition coefficient (Wildman–Crippen LogP) is 3.29. The molecule has 0 spiro atoms. The molecule has 0 fully saturated rings. The van der Waals surface area contributed by atoms with Gasteiger partial charge in [-0.25, -0.2) is 4.98 Å². The van der Waals surface area contributed by atoms with Crippen molar-refractivity contribution in [2.24, 2.45) is 0 Å². The number of rotatable bonds is 3. The first-order valence-electron chi connectivity index (χ1n) is 4.54. The minimum absolute atomic E-state index is 0.00618. The van der Waals surface area contributed by atoms with Crippen LogP contribution in [0, 0.1) is 10.1 Å². The summed E-state index contributed by atoms with van der Waals surface area (Å²) in [4.78, 5) is 22.2. The molecule has 0 amide bonds. The molecule has 1 heterocycles. The Kier molecular flexibility index (Phi) is 4.32. The molecule has 0 atom stereocenters. The minimum Gasteiger partial charge on any atom is -0.397 e. The van der Waals surface area contributed by atoms with Crippen LogP contribution in [-0.4, -0.2) is 21.5 Å². The van der Waals surface area contributed by atoms with Gasteiger partial charge in [-0.05, 0) is 11.6 Å². The Morgan fingerprint density at radius 1 is 1.29 bits per heavy atom. The molecular weight excluding hydrogens is 338 g/mol. The summed E-state index contributed by atoms with van der Waals surface area (Å²) >= 11 is 4.85. The number of nitro groups is 1. The maximum absolute atomic E-state index is 12.5. The van der Waals surface area contributed by atoms with E-state index in [1.807, 2.05) is 0 Å². The lowest BCUT2D eigenvalue weighted by molar-refractivity contribution is -0.392. The van der Waals surface area contributed by atoms with Gasteiger partial charge in [-0.15, -0.1) is 13.2 Å². The summed E-state index contributed by atoms with van der Waals surface area (Å²) in [7, 11) is 0. The SMILES string of the molecule is O=C(Cl)c1cnc(C(F)(F)F)c([N+](=O)[O-])c1OC(F)(F)F. The molecule has 1 rings (SSSR count). The van der Waals surface area contributed by atoms with Crippen LogP contribution in [-0.2, 0) is 6.18 Å². The lowest BCUT2D eigenvalue weighted by Crippen LogP contribution is -2.22. The molecule has 0 aliphatic rings. The number of alkyl halides is 6. The Morgan fingerprint density at radius 3 is 2.14 bits per heavy atom. The second-order valence-electron chi connectivity index (χ2n) is 3.27. The van der Waals surface area contributed by atoms with E-state index in [1.54, 1.807) is 0 Å². The molecule has 1 aromatic rings. The zero-order valence-electron chi connectivity index (χ0n) is 9.25. The van der Waals surface area contributed by atoms with Crippen molar-refractivity contribution in [2.45, 2.75) is 12.5 Å². The van der Waals surface area contributed by atoms with Crippen LogP contribution < -0.4 is 4.74 Å². The van der Waals surface area contributed by atoms with Crippen molar-refractivity contribution in [1.29, 1.82) is 0 Å². The van der Waals surface area contributed by atoms with Gasteiger partial charge in [-0.2, -0.15) is 13.2 Å². The lowest BCUT2D eigenvalue weighted by Gasteiger charge is -2.14. The first-order valence-corrected chi connectivity index (χ1v) is 4.92. The van der Waals surface area contributed by atoms with Crippen molar-refractivity contribution in [1.82, 2.24) is 4.98 Å². The van der Waals surface area contributed by atoms with Gasteiger partial charge in [0.15, 0.2) is 0 Å². The van der Waals surface area contributed by atoms with Crippen LogP contribution in [0.3, 0.4) is 0 Å². The van der Waals surface area contributed by atoms with E-state index in [-0.39, 0.29) is 6.20 Å². The Hall–Kier alpha value is -2.11. The zero-order chi connectivity index (χ0) is 16.6. The Labute approximate surface area is 115 Å². The molecule has 116 valence electrons. The third kappa shape index (κ3) is 3.93. The van der Waals surface area contributed by atoms with Gasteiger partial charge in [0.05, 0.1) is 4.92 Å². The molecule has 0 saturated carbocycles. The summed E-state index contributed by atoms with van der Waals surface area (Å²) in [6, 6.07) is 0. The van der Waals surface area contributed by atoms with Crippen molar-refractivity contribution in [2.75, 3.05) is 0 Å². The second kappa shape index (κ2) is 5.35. The normalized spacial score (nSPS) is 12.1. The standard InChI is InChI=1S/C8HClF6N2O4/c9-6(18)2-1-16-5(7(10,11)12)3(17(19)20)4(2)21-8(13,14)15/h1H. The zero-order valence-corrected chi connectivity index (χ0v) is 10.0. The van der Waals surface area contributed by atoms with Crippen molar-refractivity contribution in [3.8, 4) is 5.75 Å². The monoisotopic (exact) mass is 338 g/mol. The van der Waals surface area contributed by atoms with E-state index in [0.29, 0.717) is 0 Å². The van der Waals surface area contributed by atoms with E-state index in [9.17, 15) is 41.3 Å². The molecule has 0 saturated heterocycles. The summed E-state index contributed by atoms with van der Waals surface area (Å²) in [5.74, 6) is -1.98. The van der Waals surface area contributed by atoms with Gasteiger partial charge in [0, 0.05) is 6.20 Å². The van der Waals surface area contributed by atoms with Gasteiger partial charge in [-0.3, -0.25) is 14.9 Å². The molecule has 6 nitrogen and oxygen atoms in total. The maximum Gasteiger partial charge on any atom is 0.573 e. The number of nitrogens with zero attached hydrogens (tertiary/aromatic N) is 2. The summed E-state index contributed by atoms with van der Waals surface area (Å²) in [5, 5.41) is 8.90. The van der Waals surface area contributed by atoms with Crippen molar-refractivity contribution < 1.29 is 40.8 Å². The summed E-state index contributed by atoms with van der Waals surface area (Å²) in [6.45, 7) is 0. The highest BCUT2D eigenvalue weighted by Crippen LogP contribution is 2.43. The quantitative estimate of drug-likeness (QED) is 0.365. The highest BCUT2D eigenvalue weighted by molar-refractivity contribution is 6.68. The van der Waals surface area contributed by atoms with Crippen LogP contribution in [0.1, 0.15) is 16.1 Å². The number of carbonyl (C=O) groups is 1. The highest BCUT2D eigenvalue weighted by Gasteiger charge is 2.46. The Balaban J connectivity index is 3.74. The fourth-order valence-corrected chi connectivity index (χ4v) is 1.35. The van der Waals surface area contributed by atoms with Crippen molar-refractivity contribution in [3.05, 3.63) is 27.6 Å². The summed E-state index contributed by atoms with van der Waals surface area (Å²) in [6.07, 6.45) is -11.0. The largest absolute Gasteiger partial charge is 0.573 e. The second-order valence-corrected chi connectivity index (χ2v) is 3.62. The van der Waals surface area contributed by atoms with Gasteiger partial charge >= 0.3 is 18.2 Å². The highest BCUT2D eigenvalue weighted by atomic mass is 35.5. The van der Waals surface area contributed by atoms with Gasteiger partial charge in [0.1, 0.15) is 5.56 Å². The smallest absolute Gasteiger partial charge is 0.397 e. The van der Waals surface area contributed by atoms with Gasteiger partial charge < -0.3 is 4.74 Å². The van der Waals surface area contributed by atoms with Crippen LogP contribution in [0.25, 0.3) is 0 Å². The van der Waals surface area contributed by atoms with E-state index < -0.39 is 45.4 Å². The van der Waals surface area contributed by atoms with Crippen molar-refractivity contribution in [3.63, 3.8) is 0 Å². The van der Waals surface area contributed by atoms with Crippen LogP contribution in [0.5, 0.6) is 5.75 Å². The van der Waals surface area contributed by atoms with Crippen LogP contribution >= 0.6 is 11.6 Å². The molecule has 0 aliphatic carbocycles. The molecule has 0 aromatic carbocycles. The number of aromatic nitrogens is 1. The van der Waals surface area contributed by atoms with E-state index in [2.05, 4.69) is 9.72 Å². The average Bonchev–Trinajstić information content (AvgIpc) is 2.23. The number of halogens is 7. The third-order valence-corrected chi connectivity index (χ3v) is 2.09. The topological polar surface area (TPSA) is 82.3 Å². The molecular formula is C8HClF6N2O4. The molecule has 0 N–H and O–H groups in total. The first-order chi connectivity index (χ1) is 9.34. The van der Waals surface area contributed by atoms with Crippen LogP contribution in [0.15, 0.2) is 6.20 Å². The van der Waals surface area contributed by atoms with Crippen LogP contribution in [0.4, 0.5) is 32.0 Å². The fraction of sp³-hybridized carbons (Fsp3) is 0.250. The number of hydrogen-bond donors (Lipinski definition) is 0. The Bertz CT molecular complexity index is 600. The fourth-order valence-electron chi connectivity index (χ4n) is 1.22. The van der Waals surface area contributed by atoms with E-state index in [0.717, 1.165) is 0 Å². The van der Waals surface area contributed by atoms with Crippen LogP contribution in [0.2, 0.25) is 0 Å². The molecule has 0 aliphatic heterocycles. The maximum atomic E-state index is 12.5. The van der Waals surface area contributed by atoms with E-state index in [1.165, 1.54) is 0 Å². The van der Waals surface area contributed by atoms with E-state index >= 15 is 0 Å². The third-order valence-electron chi connectivity index (χ3n) is 1.89. The lowest BCUT2D eigenvalue weighted by atomic mass is 10.2. The number of ether oxygens (including phenoxy) is 1. The van der Waals surface area contributed by atoms with Gasteiger partial charge in [-0.1, -0.05) is 0 Å². The number of hydrogen-bond acceptors (Lipinski definition) is 5. The summed E-state index contributed by atoms with van der Waals surface area (Å²) in [5.41, 5.74) is -5.74. The van der Waals surface area contributed by atoms with Gasteiger partial charge in [0.2, 0.25) is 11.4 Å². The average molecular weight is 339 g/mol. The summed E-state index contributed by atoms with van der Waals surface area (Å²) < 4.78 is 77.2. The number of carbonyl (C=O) groups excluding carboxylic acids is 1. The molecule has 21 heavy (non-hydrogen) atoms. The predicted molar refractivity (Wildman–Crippen MR) is 52.8 cm³/mol. The van der Waals surface area contributed by atoms with Crippen molar-refractivity contribution >= 4 is 22.5 Å². The number of pyridine rings is 1. The molecule has 0 unspecified atom stereocenters. The molecule has 13 heteroatoms. The Morgan fingerprint density at radius 2 is 1.81 bits per heavy atom.